The maximum atomic E-state index is 13.6. The summed E-state index contributed by atoms with van der Waals surface area (Å²) in [7, 11) is 1.69. The number of benzene rings is 1. The van der Waals surface area contributed by atoms with Crippen LogP contribution in [0.15, 0.2) is 47.6 Å². The fraction of sp³-hybridized carbons (Fsp3) is 0.316. The van der Waals surface area contributed by atoms with Crippen LogP contribution in [0, 0.1) is 12.7 Å². The van der Waals surface area contributed by atoms with Gasteiger partial charge in [0.1, 0.15) is 11.6 Å². The zero-order chi connectivity index (χ0) is 18.4. The number of guanidine groups is 1. The van der Waals surface area contributed by atoms with Crippen LogP contribution in [-0.2, 0) is 13.1 Å². The van der Waals surface area contributed by atoms with Crippen LogP contribution in [0.25, 0.3) is 11.0 Å². The quantitative estimate of drug-likeness (QED) is 0.245. The molecule has 8 heteroatoms. The Morgan fingerprint density at radius 1 is 1.19 bits per heavy atom. The minimum Gasteiger partial charge on any atom is -0.356 e. The van der Waals surface area contributed by atoms with E-state index in [0.29, 0.717) is 11.7 Å². The number of halogens is 2. The van der Waals surface area contributed by atoms with Crippen molar-refractivity contribution in [3.63, 3.8) is 0 Å². The molecule has 1 aromatic carbocycles. The third kappa shape index (κ3) is 5.38. The Balaban J connectivity index is 0.00000261. The average Bonchev–Trinajstić information content (AvgIpc) is 2.97. The van der Waals surface area contributed by atoms with Crippen molar-refractivity contribution in [2.45, 2.75) is 26.4 Å². The van der Waals surface area contributed by atoms with Crippen molar-refractivity contribution in [2.24, 2.45) is 4.99 Å². The zero-order valence-corrected chi connectivity index (χ0v) is 17.8. The van der Waals surface area contributed by atoms with Crippen LogP contribution in [0.1, 0.15) is 17.9 Å². The van der Waals surface area contributed by atoms with Crippen LogP contribution in [0.2, 0.25) is 0 Å². The molecule has 0 saturated heterocycles. The molecular formula is C19H24FIN6. The van der Waals surface area contributed by atoms with E-state index in [2.05, 4.69) is 36.2 Å². The summed E-state index contributed by atoms with van der Waals surface area (Å²) in [6.07, 6.45) is 2.49. The summed E-state index contributed by atoms with van der Waals surface area (Å²) >= 11 is 0. The average molecular weight is 482 g/mol. The van der Waals surface area contributed by atoms with Gasteiger partial charge in [-0.2, -0.15) is 0 Å². The van der Waals surface area contributed by atoms with Crippen molar-refractivity contribution >= 4 is 41.0 Å². The van der Waals surface area contributed by atoms with Gasteiger partial charge in [-0.05, 0) is 37.6 Å². The molecular weight excluding hydrogens is 458 g/mol. The number of hydrogen-bond donors (Lipinski definition) is 2. The molecule has 0 aliphatic heterocycles. The standard InChI is InChI=1S/C19H23FN6.HI/c1-14-25-16-8-3-4-9-18(16)26(14)12-6-11-23-19(21-2)24-13-17-15(20)7-5-10-22-17;/h3-5,7-10H,6,11-13H2,1-2H3,(H2,21,23,24);1H. The predicted octanol–water partition coefficient (Wildman–Crippen LogP) is 3.25. The molecule has 0 saturated carbocycles. The Kier molecular flexibility index (Phi) is 7.96. The summed E-state index contributed by atoms with van der Waals surface area (Å²) in [5.74, 6) is 1.32. The summed E-state index contributed by atoms with van der Waals surface area (Å²) in [5, 5.41) is 6.32. The SMILES string of the molecule is CN=C(NCCCn1c(C)nc2ccccc21)NCc1ncccc1F.I. The van der Waals surface area contributed by atoms with Crippen LogP contribution < -0.4 is 10.6 Å². The summed E-state index contributed by atoms with van der Waals surface area (Å²) in [6, 6.07) is 11.1. The van der Waals surface area contributed by atoms with Crippen LogP contribution in [-0.4, -0.2) is 34.1 Å². The predicted molar refractivity (Wildman–Crippen MR) is 117 cm³/mol. The van der Waals surface area contributed by atoms with E-state index in [1.165, 1.54) is 6.07 Å². The maximum Gasteiger partial charge on any atom is 0.191 e. The topological polar surface area (TPSA) is 67.1 Å². The van der Waals surface area contributed by atoms with Gasteiger partial charge in [0.2, 0.25) is 0 Å². The molecule has 0 aliphatic carbocycles. The molecule has 0 radical (unpaired) electrons. The molecule has 0 atom stereocenters. The molecule has 6 nitrogen and oxygen atoms in total. The minimum absolute atomic E-state index is 0. The summed E-state index contributed by atoms with van der Waals surface area (Å²) in [4.78, 5) is 12.8. The molecule has 0 unspecified atom stereocenters. The maximum absolute atomic E-state index is 13.6. The monoisotopic (exact) mass is 482 g/mol. The third-order valence-electron chi connectivity index (χ3n) is 4.18. The van der Waals surface area contributed by atoms with Gasteiger partial charge >= 0.3 is 0 Å². The second-order valence-corrected chi connectivity index (χ2v) is 5.94. The first-order valence-electron chi connectivity index (χ1n) is 8.65. The molecule has 3 aromatic rings. The fourth-order valence-corrected chi connectivity index (χ4v) is 2.86. The Morgan fingerprint density at radius 3 is 2.78 bits per heavy atom. The number of nitrogens with one attached hydrogen (secondary N) is 2. The van der Waals surface area contributed by atoms with Crippen molar-refractivity contribution in [3.05, 3.63) is 59.9 Å². The van der Waals surface area contributed by atoms with Gasteiger partial charge in [0, 0.05) is 26.3 Å². The molecule has 3 rings (SSSR count). The Hall–Kier alpha value is -2.23. The second kappa shape index (κ2) is 10.2. The number of aromatic nitrogens is 3. The highest BCUT2D eigenvalue weighted by Gasteiger charge is 2.07. The van der Waals surface area contributed by atoms with Gasteiger partial charge in [0.25, 0.3) is 0 Å². The minimum atomic E-state index is -0.321. The van der Waals surface area contributed by atoms with E-state index >= 15 is 0 Å². The van der Waals surface area contributed by atoms with Crippen LogP contribution in [0.5, 0.6) is 0 Å². The number of nitrogens with zero attached hydrogens (tertiary/aromatic N) is 4. The summed E-state index contributed by atoms with van der Waals surface area (Å²) in [6.45, 7) is 3.93. The summed E-state index contributed by atoms with van der Waals surface area (Å²) in [5.41, 5.74) is 2.54. The van der Waals surface area contributed by atoms with Gasteiger partial charge < -0.3 is 15.2 Å². The first-order valence-corrected chi connectivity index (χ1v) is 8.65. The number of pyridine rings is 1. The molecule has 2 aromatic heterocycles. The number of imidazole rings is 1. The van der Waals surface area contributed by atoms with Crippen molar-refractivity contribution in [1.29, 1.82) is 0 Å². The van der Waals surface area contributed by atoms with Gasteiger partial charge in [0.05, 0.1) is 23.3 Å². The molecule has 0 bridgehead atoms. The van der Waals surface area contributed by atoms with Crippen molar-refractivity contribution in [3.8, 4) is 0 Å². The van der Waals surface area contributed by atoms with Gasteiger partial charge in [-0.15, -0.1) is 24.0 Å². The first kappa shape index (κ1) is 21.1. The van der Waals surface area contributed by atoms with Gasteiger partial charge in [0.15, 0.2) is 5.96 Å². The van der Waals surface area contributed by atoms with E-state index in [9.17, 15) is 4.39 Å². The van der Waals surface area contributed by atoms with Gasteiger partial charge in [-0.1, -0.05) is 12.1 Å². The number of para-hydroxylation sites is 2. The molecule has 2 N–H and O–H groups in total. The van der Waals surface area contributed by atoms with E-state index in [1.807, 2.05) is 25.1 Å². The molecule has 0 spiro atoms. The number of hydrogen-bond acceptors (Lipinski definition) is 3. The van der Waals surface area contributed by atoms with E-state index in [-0.39, 0.29) is 36.3 Å². The van der Waals surface area contributed by atoms with Crippen molar-refractivity contribution in [2.75, 3.05) is 13.6 Å². The molecule has 2 heterocycles. The van der Waals surface area contributed by atoms with Crippen molar-refractivity contribution < 1.29 is 4.39 Å². The second-order valence-electron chi connectivity index (χ2n) is 5.94. The fourth-order valence-electron chi connectivity index (χ4n) is 2.86. The number of aliphatic imine (C=N–C) groups is 1. The van der Waals surface area contributed by atoms with Crippen molar-refractivity contribution in [1.82, 2.24) is 25.2 Å². The van der Waals surface area contributed by atoms with Gasteiger partial charge in [-0.25, -0.2) is 9.37 Å². The Labute approximate surface area is 175 Å². The lowest BCUT2D eigenvalue weighted by molar-refractivity contribution is 0.590. The largest absolute Gasteiger partial charge is 0.356 e. The third-order valence-corrected chi connectivity index (χ3v) is 4.18. The Bertz CT molecular complexity index is 908. The number of aryl methyl sites for hydroxylation is 2. The Morgan fingerprint density at radius 2 is 2.00 bits per heavy atom. The first-order chi connectivity index (χ1) is 12.7. The number of rotatable bonds is 6. The highest BCUT2D eigenvalue weighted by atomic mass is 127. The molecule has 0 fully saturated rings. The molecule has 0 amide bonds. The zero-order valence-electron chi connectivity index (χ0n) is 15.4. The lowest BCUT2D eigenvalue weighted by Crippen LogP contribution is -2.37. The summed E-state index contributed by atoms with van der Waals surface area (Å²) < 4.78 is 15.8. The van der Waals surface area contributed by atoms with Crippen LogP contribution in [0.4, 0.5) is 4.39 Å². The highest BCUT2D eigenvalue weighted by Crippen LogP contribution is 2.15. The van der Waals surface area contributed by atoms with Crippen LogP contribution >= 0.6 is 24.0 Å². The van der Waals surface area contributed by atoms with Crippen LogP contribution in [0.3, 0.4) is 0 Å². The van der Waals surface area contributed by atoms with Gasteiger partial charge in [-0.3, -0.25) is 9.98 Å². The van der Waals surface area contributed by atoms with E-state index in [4.69, 9.17) is 0 Å². The lowest BCUT2D eigenvalue weighted by Gasteiger charge is -2.12. The van der Waals surface area contributed by atoms with E-state index in [1.54, 1.807) is 19.3 Å². The number of fused-ring (bicyclic) bond motifs is 1. The van der Waals surface area contributed by atoms with E-state index in [0.717, 1.165) is 36.4 Å². The molecule has 0 aliphatic rings. The lowest BCUT2D eigenvalue weighted by atomic mass is 10.3. The molecule has 27 heavy (non-hydrogen) atoms. The normalized spacial score (nSPS) is 11.3. The highest BCUT2D eigenvalue weighted by molar-refractivity contribution is 14.0. The molecule has 144 valence electrons. The van der Waals surface area contributed by atoms with E-state index < -0.39 is 0 Å². The smallest absolute Gasteiger partial charge is 0.191 e.